The van der Waals surface area contributed by atoms with Crippen molar-refractivity contribution in [3.8, 4) is 6.07 Å². The number of nitriles is 1. The molecule has 1 aliphatic heterocycles. The van der Waals surface area contributed by atoms with Crippen LogP contribution in [-0.4, -0.2) is 45.4 Å². The predicted molar refractivity (Wildman–Crippen MR) is 76.0 cm³/mol. The standard InChI is InChI=1S/C13H16ClN3O2S/c14-12-4-1-2-5-13(12)20(18,19)17-10-8-16(9-11-17)7-3-6-15/h1-2,4-5H,3,7-11H2/p+1. The number of hydrogen-bond acceptors (Lipinski definition) is 3. The third-order valence-corrected chi connectivity index (χ3v) is 5.87. The maximum Gasteiger partial charge on any atom is 0.244 e. The van der Waals surface area contributed by atoms with Gasteiger partial charge in [-0.25, -0.2) is 8.42 Å². The predicted octanol–water partition coefficient (Wildman–Crippen LogP) is 0.143. The molecule has 0 aromatic heterocycles. The van der Waals surface area contributed by atoms with E-state index >= 15 is 0 Å². The summed E-state index contributed by atoms with van der Waals surface area (Å²) >= 11 is 5.98. The first-order valence-corrected chi connectivity index (χ1v) is 8.32. The molecule has 0 atom stereocenters. The molecule has 7 heteroatoms. The van der Waals surface area contributed by atoms with E-state index < -0.39 is 10.0 Å². The van der Waals surface area contributed by atoms with E-state index in [0.717, 1.165) is 19.6 Å². The van der Waals surface area contributed by atoms with Gasteiger partial charge >= 0.3 is 0 Å². The van der Waals surface area contributed by atoms with Crippen LogP contribution in [0.2, 0.25) is 5.02 Å². The molecule has 108 valence electrons. The molecule has 0 amide bonds. The minimum atomic E-state index is -3.51. The fourth-order valence-corrected chi connectivity index (χ4v) is 4.25. The minimum Gasteiger partial charge on any atom is -0.332 e. The van der Waals surface area contributed by atoms with Crippen LogP contribution in [-0.2, 0) is 10.0 Å². The second-order valence-electron chi connectivity index (χ2n) is 4.74. The van der Waals surface area contributed by atoms with Crippen molar-refractivity contribution >= 4 is 21.6 Å². The largest absolute Gasteiger partial charge is 0.332 e. The molecule has 0 saturated carbocycles. The van der Waals surface area contributed by atoms with Crippen molar-refractivity contribution in [2.24, 2.45) is 0 Å². The molecule has 1 saturated heterocycles. The van der Waals surface area contributed by atoms with Crippen LogP contribution >= 0.6 is 11.6 Å². The van der Waals surface area contributed by atoms with E-state index in [-0.39, 0.29) is 9.92 Å². The highest BCUT2D eigenvalue weighted by Gasteiger charge is 2.31. The first-order chi connectivity index (χ1) is 9.55. The zero-order valence-electron chi connectivity index (χ0n) is 11.0. The van der Waals surface area contributed by atoms with Crippen LogP contribution < -0.4 is 4.90 Å². The lowest BCUT2D eigenvalue weighted by atomic mass is 10.3. The molecule has 1 N–H and O–H groups in total. The topological polar surface area (TPSA) is 65.6 Å². The Bertz CT molecular complexity index is 604. The van der Waals surface area contributed by atoms with E-state index in [2.05, 4.69) is 6.07 Å². The van der Waals surface area contributed by atoms with E-state index in [1.165, 1.54) is 15.3 Å². The molecule has 0 unspecified atom stereocenters. The lowest BCUT2D eigenvalue weighted by Crippen LogP contribution is -3.14. The van der Waals surface area contributed by atoms with Crippen LogP contribution in [0.1, 0.15) is 6.42 Å². The molecule has 1 fully saturated rings. The lowest BCUT2D eigenvalue weighted by Gasteiger charge is -2.31. The van der Waals surface area contributed by atoms with Crippen LogP contribution in [0.4, 0.5) is 0 Å². The van der Waals surface area contributed by atoms with Crippen LogP contribution in [0.5, 0.6) is 0 Å². The molecular weight excluding hydrogens is 298 g/mol. The van der Waals surface area contributed by atoms with Gasteiger partial charge in [-0.2, -0.15) is 9.57 Å². The van der Waals surface area contributed by atoms with Crippen molar-refractivity contribution in [3.63, 3.8) is 0 Å². The number of hydrogen-bond donors (Lipinski definition) is 1. The summed E-state index contributed by atoms with van der Waals surface area (Å²) in [7, 11) is -3.51. The van der Waals surface area contributed by atoms with Crippen molar-refractivity contribution in [1.29, 1.82) is 5.26 Å². The average molecular weight is 315 g/mol. The molecule has 0 bridgehead atoms. The summed E-state index contributed by atoms with van der Waals surface area (Å²) in [6.07, 6.45) is 0.507. The number of sulfonamides is 1. The molecule has 1 aromatic carbocycles. The van der Waals surface area contributed by atoms with Gasteiger partial charge in [0.05, 0.1) is 50.2 Å². The molecule has 0 radical (unpaired) electrons. The lowest BCUT2D eigenvalue weighted by molar-refractivity contribution is -0.903. The molecule has 0 spiro atoms. The normalized spacial score (nSPS) is 17.8. The summed E-state index contributed by atoms with van der Waals surface area (Å²) in [6, 6.07) is 8.63. The Balaban J connectivity index is 2.07. The number of halogens is 1. The number of nitrogens with zero attached hydrogens (tertiary/aromatic N) is 2. The second-order valence-corrected chi connectivity index (χ2v) is 7.06. The second kappa shape index (κ2) is 6.55. The van der Waals surface area contributed by atoms with Crippen molar-refractivity contribution in [2.75, 3.05) is 32.7 Å². The Kier molecular flexibility index (Phi) is 5.00. The summed E-state index contributed by atoms with van der Waals surface area (Å²) in [6.45, 7) is 3.16. The summed E-state index contributed by atoms with van der Waals surface area (Å²) < 4.78 is 26.5. The summed E-state index contributed by atoms with van der Waals surface area (Å²) in [5, 5.41) is 8.83. The quantitative estimate of drug-likeness (QED) is 0.860. The Morgan fingerprint density at radius 2 is 1.95 bits per heavy atom. The summed E-state index contributed by atoms with van der Waals surface area (Å²) in [4.78, 5) is 1.44. The third-order valence-electron chi connectivity index (χ3n) is 3.47. The van der Waals surface area contributed by atoms with Crippen molar-refractivity contribution < 1.29 is 13.3 Å². The molecule has 1 heterocycles. The van der Waals surface area contributed by atoms with E-state index in [4.69, 9.17) is 16.9 Å². The molecule has 0 aliphatic carbocycles. The zero-order chi connectivity index (χ0) is 14.6. The molecule has 1 aromatic rings. The van der Waals surface area contributed by atoms with Crippen LogP contribution in [0, 0.1) is 11.3 Å². The van der Waals surface area contributed by atoms with E-state index in [1.807, 2.05) is 0 Å². The Hall–Kier alpha value is -1.13. The number of benzene rings is 1. The van der Waals surface area contributed by atoms with Gasteiger partial charge in [-0.05, 0) is 12.1 Å². The van der Waals surface area contributed by atoms with Crippen molar-refractivity contribution in [3.05, 3.63) is 29.3 Å². The third kappa shape index (κ3) is 3.30. The molecule has 2 rings (SSSR count). The van der Waals surface area contributed by atoms with Crippen LogP contribution in [0.25, 0.3) is 0 Å². The van der Waals surface area contributed by atoms with Gasteiger partial charge in [0.15, 0.2) is 0 Å². The van der Waals surface area contributed by atoms with E-state index in [0.29, 0.717) is 19.5 Å². The van der Waals surface area contributed by atoms with Crippen LogP contribution in [0.15, 0.2) is 29.2 Å². The Morgan fingerprint density at radius 3 is 2.55 bits per heavy atom. The van der Waals surface area contributed by atoms with Crippen molar-refractivity contribution in [2.45, 2.75) is 11.3 Å². The van der Waals surface area contributed by atoms with Gasteiger partial charge in [0.1, 0.15) is 4.90 Å². The highest BCUT2D eigenvalue weighted by Crippen LogP contribution is 2.23. The van der Waals surface area contributed by atoms with Gasteiger partial charge in [0, 0.05) is 0 Å². The molecule has 1 aliphatic rings. The fourth-order valence-electron chi connectivity index (χ4n) is 2.32. The molecule has 5 nitrogen and oxygen atoms in total. The first-order valence-electron chi connectivity index (χ1n) is 6.51. The number of nitrogens with one attached hydrogen (secondary N) is 1. The van der Waals surface area contributed by atoms with Crippen molar-refractivity contribution in [1.82, 2.24) is 4.31 Å². The molecule has 20 heavy (non-hydrogen) atoms. The molecular formula is C13H17ClN3O2S+. The van der Waals surface area contributed by atoms with Gasteiger partial charge in [0.2, 0.25) is 10.0 Å². The minimum absolute atomic E-state index is 0.169. The smallest absolute Gasteiger partial charge is 0.244 e. The maximum absolute atomic E-state index is 12.5. The fraction of sp³-hybridized carbons (Fsp3) is 0.462. The van der Waals surface area contributed by atoms with Gasteiger partial charge < -0.3 is 4.90 Å². The highest BCUT2D eigenvalue weighted by atomic mass is 35.5. The SMILES string of the molecule is N#CCC[NH+]1CCN(S(=O)(=O)c2ccccc2Cl)CC1. The Morgan fingerprint density at radius 1 is 1.30 bits per heavy atom. The van der Waals surface area contributed by atoms with Gasteiger partial charge in [-0.15, -0.1) is 0 Å². The van der Waals surface area contributed by atoms with E-state index in [9.17, 15) is 8.42 Å². The van der Waals surface area contributed by atoms with Gasteiger partial charge in [0.25, 0.3) is 0 Å². The van der Waals surface area contributed by atoms with Crippen LogP contribution in [0.3, 0.4) is 0 Å². The van der Waals surface area contributed by atoms with Gasteiger partial charge in [-0.1, -0.05) is 23.7 Å². The maximum atomic E-state index is 12.5. The highest BCUT2D eigenvalue weighted by molar-refractivity contribution is 7.89. The summed E-state index contributed by atoms with van der Waals surface area (Å²) in [5.74, 6) is 0. The van der Waals surface area contributed by atoms with Gasteiger partial charge in [-0.3, -0.25) is 0 Å². The number of rotatable bonds is 4. The monoisotopic (exact) mass is 314 g/mol. The number of quaternary nitrogens is 1. The summed E-state index contributed by atoms with van der Waals surface area (Å²) in [5.41, 5.74) is 0. The zero-order valence-corrected chi connectivity index (χ0v) is 12.6. The Labute approximate surface area is 124 Å². The average Bonchev–Trinajstić information content (AvgIpc) is 2.46. The first kappa shape index (κ1) is 15.3. The van der Waals surface area contributed by atoms with E-state index in [1.54, 1.807) is 18.2 Å². The number of piperazine rings is 1.